The summed E-state index contributed by atoms with van der Waals surface area (Å²) in [6.45, 7) is 5.84. The van der Waals surface area contributed by atoms with Gasteiger partial charge in [0.15, 0.2) is 6.10 Å². The van der Waals surface area contributed by atoms with Crippen molar-refractivity contribution < 1.29 is 14.3 Å². The second-order valence-corrected chi connectivity index (χ2v) is 5.04. The van der Waals surface area contributed by atoms with Crippen LogP contribution < -0.4 is 4.74 Å². The highest BCUT2D eigenvalue weighted by Crippen LogP contribution is 2.30. The van der Waals surface area contributed by atoms with Crippen LogP contribution >= 0.6 is 15.9 Å². The van der Waals surface area contributed by atoms with E-state index in [0.29, 0.717) is 5.92 Å². The lowest BCUT2D eigenvalue weighted by atomic mass is 10.0. The monoisotopic (exact) mass is 300 g/mol. The quantitative estimate of drug-likeness (QED) is 0.798. The van der Waals surface area contributed by atoms with Crippen LogP contribution in [0.25, 0.3) is 0 Å². The van der Waals surface area contributed by atoms with Crippen LogP contribution in [-0.4, -0.2) is 19.2 Å². The van der Waals surface area contributed by atoms with Gasteiger partial charge in [-0.1, -0.05) is 29.8 Å². The van der Waals surface area contributed by atoms with Gasteiger partial charge in [0, 0.05) is 4.47 Å². The first-order chi connectivity index (χ1) is 7.95. The second-order valence-electron chi connectivity index (χ2n) is 4.12. The summed E-state index contributed by atoms with van der Waals surface area (Å²) in [5.74, 6) is 0.677. The zero-order chi connectivity index (χ0) is 13.0. The third-order valence-corrected chi connectivity index (χ3v) is 2.92. The summed E-state index contributed by atoms with van der Waals surface area (Å²) in [6.07, 6.45) is -0.598. The maximum atomic E-state index is 11.3. The van der Waals surface area contributed by atoms with Gasteiger partial charge < -0.3 is 9.47 Å². The summed E-state index contributed by atoms with van der Waals surface area (Å²) in [6, 6.07) is 5.76. The van der Waals surface area contributed by atoms with Crippen LogP contribution in [0.15, 0.2) is 22.7 Å². The Balaban J connectivity index is 2.94. The summed E-state index contributed by atoms with van der Waals surface area (Å²) >= 11 is 3.43. The van der Waals surface area contributed by atoms with E-state index < -0.39 is 6.10 Å². The van der Waals surface area contributed by atoms with Gasteiger partial charge in [0.05, 0.1) is 7.11 Å². The molecule has 0 bridgehead atoms. The predicted octanol–water partition coefficient (Wildman–Crippen LogP) is 3.51. The molecule has 0 aromatic heterocycles. The second kappa shape index (κ2) is 6.05. The average molecular weight is 301 g/mol. The minimum Gasteiger partial charge on any atom is -0.479 e. The molecule has 1 rings (SSSR count). The summed E-state index contributed by atoms with van der Waals surface area (Å²) < 4.78 is 11.3. The lowest BCUT2D eigenvalue weighted by molar-refractivity contribution is -0.147. The first-order valence-electron chi connectivity index (χ1n) is 5.49. The molecule has 3 nitrogen and oxygen atoms in total. The highest BCUT2D eigenvalue weighted by atomic mass is 79.9. The molecule has 0 heterocycles. The number of hydrogen-bond donors (Lipinski definition) is 0. The van der Waals surface area contributed by atoms with Crippen LogP contribution in [0.3, 0.4) is 0 Å². The predicted molar refractivity (Wildman–Crippen MR) is 70.3 cm³/mol. The molecule has 0 fully saturated rings. The van der Waals surface area contributed by atoms with Crippen molar-refractivity contribution in [3.8, 4) is 5.75 Å². The molecule has 0 aliphatic rings. The number of esters is 1. The van der Waals surface area contributed by atoms with Crippen molar-refractivity contribution >= 4 is 21.9 Å². The van der Waals surface area contributed by atoms with Crippen molar-refractivity contribution in [2.75, 3.05) is 7.11 Å². The molecule has 1 atom stereocenters. The van der Waals surface area contributed by atoms with E-state index in [1.807, 2.05) is 18.2 Å². The van der Waals surface area contributed by atoms with E-state index in [4.69, 9.17) is 4.74 Å². The Bertz CT molecular complexity index is 402. The largest absolute Gasteiger partial charge is 0.479 e. The molecule has 17 heavy (non-hydrogen) atoms. The van der Waals surface area contributed by atoms with E-state index in [2.05, 4.69) is 34.5 Å². The number of ether oxygens (including phenoxy) is 2. The van der Waals surface area contributed by atoms with Crippen molar-refractivity contribution in [2.24, 2.45) is 0 Å². The summed E-state index contributed by atoms with van der Waals surface area (Å²) in [7, 11) is 1.35. The lowest BCUT2D eigenvalue weighted by Gasteiger charge is -2.17. The molecule has 0 aliphatic heterocycles. The van der Waals surface area contributed by atoms with Gasteiger partial charge in [-0.15, -0.1) is 0 Å². The van der Waals surface area contributed by atoms with Gasteiger partial charge in [-0.3, -0.25) is 0 Å². The van der Waals surface area contributed by atoms with Crippen molar-refractivity contribution in [2.45, 2.75) is 32.8 Å². The standard InChI is InChI=1S/C13H17BrO3/c1-8(2)11-7-10(14)5-6-12(11)17-9(3)13(15)16-4/h5-9H,1-4H3/t9-/m0/s1. The molecule has 0 spiro atoms. The number of methoxy groups -OCH3 is 1. The third-order valence-electron chi connectivity index (χ3n) is 2.43. The molecule has 1 aromatic rings. The molecule has 0 amide bonds. The lowest BCUT2D eigenvalue weighted by Crippen LogP contribution is -2.25. The van der Waals surface area contributed by atoms with Gasteiger partial charge >= 0.3 is 5.97 Å². The number of benzene rings is 1. The van der Waals surface area contributed by atoms with Crippen LogP contribution in [-0.2, 0) is 9.53 Å². The topological polar surface area (TPSA) is 35.5 Å². The minimum absolute atomic E-state index is 0.326. The van der Waals surface area contributed by atoms with E-state index in [1.54, 1.807) is 6.92 Å². The fraction of sp³-hybridized carbons (Fsp3) is 0.462. The zero-order valence-corrected chi connectivity index (χ0v) is 12.1. The smallest absolute Gasteiger partial charge is 0.346 e. The van der Waals surface area contributed by atoms with Crippen molar-refractivity contribution in [3.63, 3.8) is 0 Å². The maximum Gasteiger partial charge on any atom is 0.346 e. The van der Waals surface area contributed by atoms with Crippen molar-refractivity contribution in [3.05, 3.63) is 28.2 Å². The highest BCUT2D eigenvalue weighted by Gasteiger charge is 2.17. The van der Waals surface area contributed by atoms with Crippen LogP contribution in [0.1, 0.15) is 32.3 Å². The van der Waals surface area contributed by atoms with Crippen molar-refractivity contribution in [1.82, 2.24) is 0 Å². The molecular formula is C13H17BrO3. The molecule has 0 aliphatic carbocycles. The summed E-state index contributed by atoms with van der Waals surface area (Å²) in [5, 5.41) is 0. The van der Waals surface area contributed by atoms with Gasteiger partial charge in [0.2, 0.25) is 0 Å². The van der Waals surface area contributed by atoms with E-state index in [1.165, 1.54) is 7.11 Å². The molecule has 4 heteroatoms. The summed E-state index contributed by atoms with van der Waals surface area (Å²) in [5.41, 5.74) is 1.06. The fourth-order valence-electron chi connectivity index (χ4n) is 1.48. The summed E-state index contributed by atoms with van der Waals surface area (Å²) in [4.78, 5) is 11.3. The number of carbonyl (C=O) groups excluding carboxylic acids is 1. The Morgan fingerprint density at radius 3 is 2.47 bits per heavy atom. The van der Waals surface area contributed by atoms with Crippen molar-refractivity contribution in [1.29, 1.82) is 0 Å². The van der Waals surface area contributed by atoms with E-state index >= 15 is 0 Å². The van der Waals surface area contributed by atoms with E-state index in [-0.39, 0.29) is 5.97 Å². The zero-order valence-electron chi connectivity index (χ0n) is 10.5. The molecule has 0 radical (unpaired) electrons. The highest BCUT2D eigenvalue weighted by molar-refractivity contribution is 9.10. The molecule has 0 saturated carbocycles. The van der Waals surface area contributed by atoms with Crippen LogP contribution in [0.5, 0.6) is 5.75 Å². The maximum absolute atomic E-state index is 11.3. The van der Waals surface area contributed by atoms with Crippen LogP contribution in [0.2, 0.25) is 0 Å². The van der Waals surface area contributed by atoms with Gasteiger partial charge in [0.25, 0.3) is 0 Å². The van der Waals surface area contributed by atoms with Crippen LogP contribution in [0, 0.1) is 0 Å². The third kappa shape index (κ3) is 3.73. The van der Waals surface area contributed by atoms with Gasteiger partial charge in [0.1, 0.15) is 5.75 Å². The molecule has 0 saturated heterocycles. The van der Waals surface area contributed by atoms with Gasteiger partial charge in [-0.05, 0) is 36.6 Å². The van der Waals surface area contributed by atoms with E-state index in [0.717, 1.165) is 15.8 Å². The molecule has 0 unspecified atom stereocenters. The van der Waals surface area contributed by atoms with Crippen LogP contribution in [0.4, 0.5) is 0 Å². The number of rotatable bonds is 4. The van der Waals surface area contributed by atoms with E-state index in [9.17, 15) is 4.79 Å². The fourth-order valence-corrected chi connectivity index (χ4v) is 1.86. The number of hydrogen-bond acceptors (Lipinski definition) is 3. The first-order valence-corrected chi connectivity index (χ1v) is 6.29. The molecule has 0 N–H and O–H groups in total. The Hall–Kier alpha value is -1.03. The Morgan fingerprint density at radius 1 is 1.29 bits per heavy atom. The molecule has 1 aromatic carbocycles. The number of carbonyl (C=O) groups is 1. The normalized spacial score (nSPS) is 12.4. The molecule has 94 valence electrons. The minimum atomic E-state index is -0.598. The Kier molecular flexibility index (Phi) is 5.00. The van der Waals surface area contributed by atoms with Gasteiger partial charge in [-0.2, -0.15) is 0 Å². The Morgan fingerprint density at radius 2 is 1.94 bits per heavy atom. The number of halogens is 1. The van der Waals surface area contributed by atoms with Gasteiger partial charge in [-0.25, -0.2) is 4.79 Å². The average Bonchev–Trinajstić information content (AvgIpc) is 2.29. The molecular weight excluding hydrogens is 284 g/mol. The first kappa shape index (κ1) is 14.0. The SMILES string of the molecule is COC(=O)[C@H](C)Oc1ccc(Br)cc1C(C)C. The Labute approximate surface area is 110 Å².